The molecule has 0 radical (unpaired) electrons. The highest BCUT2D eigenvalue weighted by atomic mass is 16.3. The molecule has 0 saturated heterocycles. The molecule has 1 aliphatic rings. The molecule has 0 bridgehead atoms. The monoisotopic (exact) mass is 252 g/mol. The molecule has 3 rings (SSSR count). The van der Waals surface area contributed by atoms with Crippen molar-refractivity contribution in [3.63, 3.8) is 0 Å². The Bertz CT molecular complexity index is 568. The number of benzene rings is 2. The van der Waals surface area contributed by atoms with Crippen LogP contribution in [0.25, 0.3) is 0 Å². The third kappa shape index (κ3) is 2.36. The maximum atomic E-state index is 11.2. The minimum Gasteiger partial charge on any atom is -0.249 e. The first-order valence-electron chi connectivity index (χ1n) is 6.60. The summed E-state index contributed by atoms with van der Waals surface area (Å²) in [7, 11) is 0. The third-order valence-corrected chi connectivity index (χ3v) is 3.75. The molecule has 0 aromatic heterocycles. The van der Waals surface area contributed by atoms with Crippen LogP contribution >= 0.6 is 0 Å². The largest absolute Gasteiger partial charge is 0.249 e. The van der Waals surface area contributed by atoms with Gasteiger partial charge < -0.3 is 0 Å². The van der Waals surface area contributed by atoms with Crippen molar-refractivity contribution < 1.29 is 0 Å². The Morgan fingerprint density at radius 3 is 2.58 bits per heavy atom. The van der Waals surface area contributed by atoms with Crippen LogP contribution in [-0.2, 0) is 13.0 Å². The van der Waals surface area contributed by atoms with Crippen LogP contribution in [0.1, 0.15) is 29.2 Å². The summed E-state index contributed by atoms with van der Waals surface area (Å²) in [5, 5.41) is 4.92. The molecule has 0 aliphatic heterocycles. The van der Waals surface area contributed by atoms with Gasteiger partial charge in [0.2, 0.25) is 0 Å². The second-order valence-corrected chi connectivity index (χ2v) is 4.92. The molecule has 0 heterocycles. The summed E-state index contributed by atoms with van der Waals surface area (Å²) in [4.78, 5) is 11.2. The normalized spacial score (nSPS) is 16.9. The summed E-state index contributed by atoms with van der Waals surface area (Å²) < 4.78 is 0. The average Bonchev–Trinajstić information content (AvgIpc) is 2.90. The Morgan fingerprint density at radius 2 is 1.79 bits per heavy atom. The molecular weight excluding hydrogens is 236 g/mol. The lowest BCUT2D eigenvalue weighted by Crippen LogP contribution is -2.21. The van der Waals surface area contributed by atoms with Crippen molar-refractivity contribution in [1.29, 1.82) is 0 Å². The zero-order valence-electron chi connectivity index (χ0n) is 10.7. The second kappa shape index (κ2) is 5.22. The molecule has 2 aromatic rings. The highest BCUT2D eigenvalue weighted by Crippen LogP contribution is 2.36. The molecule has 2 aromatic carbocycles. The Hall–Kier alpha value is -2.16. The van der Waals surface area contributed by atoms with Gasteiger partial charge in [0.1, 0.15) is 0 Å². The number of nitroso groups, excluding NO2 is 1. The van der Waals surface area contributed by atoms with Gasteiger partial charge in [0.05, 0.1) is 17.9 Å². The third-order valence-electron chi connectivity index (χ3n) is 3.75. The first kappa shape index (κ1) is 11.9. The van der Waals surface area contributed by atoms with Gasteiger partial charge in [-0.25, -0.2) is 5.01 Å². The molecule has 96 valence electrons. The predicted octanol–water partition coefficient (Wildman–Crippen LogP) is 3.86. The molecule has 0 N–H and O–H groups in total. The Morgan fingerprint density at radius 1 is 1.05 bits per heavy atom. The molecule has 1 aliphatic carbocycles. The highest BCUT2D eigenvalue weighted by molar-refractivity contribution is 5.34. The minimum atomic E-state index is 0.119. The van der Waals surface area contributed by atoms with Crippen LogP contribution in [0.3, 0.4) is 0 Å². The van der Waals surface area contributed by atoms with Gasteiger partial charge >= 0.3 is 0 Å². The van der Waals surface area contributed by atoms with E-state index in [1.54, 1.807) is 5.01 Å². The summed E-state index contributed by atoms with van der Waals surface area (Å²) in [6.07, 6.45) is 2.00. The number of nitrogens with zero attached hydrogens (tertiary/aromatic N) is 2. The summed E-state index contributed by atoms with van der Waals surface area (Å²) in [6.45, 7) is 0.573. The van der Waals surface area contributed by atoms with Crippen LogP contribution in [0.5, 0.6) is 0 Å². The van der Waals surface area contributed by atoms with Gasteiger partial charge in [0.15, 0.2) is 0 Å². The lowest BCUT2D eigenvalue weighted by atomic mass is 10.1. The van der Waals surface area contributed by atoms with Crippen LogP contribution < -0.4 is 0 Å². The van der Waals surface area contributed by atoms with E-state index in [9.17, 15) is 4.91 Å². The molecule has 3 nitrogen and oxygen atoms in total. The van der Waals surface area contributed by atoms with E-state index in [0.29, 0.717) is 6.54 Å². The number of hydrogen-bond acceptors (Lipinski definition) is 2. The molecule has 1 unspecified atom stereocenters. The van der Waals surface area contributed by atoms with Crippen molar-refractivity contribution >= 4 is 0 Å². The van der Waals surface area contributed by atoms with Crippen LogP contribution in [0.2, 0.25) is 0 Å². The first-order chi connectivity index (χ1) is 9.38. The molecule has 0 amide bonds. The SMILES string of the molecule is O=NN(Cc1ccccc1)C1CCc2ccccc21. The van der Waals surface area contributed by atoms with Crippen LogP contribution in [0, 0.1) is 4.91 Å². The van der Waals surface area contributed by atoms with E-state index < -0.39 is 0 Å². The minimum absolute atomic E-state index is 0.119. The fraction of sp³-hybridized carbons (Fsp3) is 0.250. The highest BCUT2D eigenvalue weighted by Gasteiger charge is 2.27. The summed E-state index contributed by atoms with van der Waals surface area (Å²) in [5.41, 5.74) is 3.71. The number of aryl methyl sites for hydroxylation is 1. The van der Waals surface area contributed by atoms with E-state index in [1.165, 1.54) is 11.1 Å². The molecule has 0 saturated carbocycles. The zero-order valence-corrected chi connectivity index (χ0v) is 10.7. The lowest BCUT2D eigenvalue weighted by Gasteiger charge is -2.23. The van der Waals surface area contributed by atoms with Crippen molar-refractivity contribution in [2.24, 2.45) is 5.29 Å². The smallest absolute Gasteiger partial charge is 0.0761 e. The Kier molecular flexibility index (Phi) is 3.27. The molecule has 0 fully saturated rings. The van der Waals surface area contributed by atoms with Gasteiger partial charge in [-0.3, -0.25) is 0 Å². The second-order valence-electron chi connectivity index (χ2n) is 4.92. The molecular formula is C16H16N2O. The van der Waals surface area contributed by atoms with Crippen LogP contribution in [0.15, 0.2) is 59.9 Å². The van der Waals surface area contributed by atoms with E-state index in [1.807, 2.05) is 36.4 Å². The van der Waals surface area contributed by atoms with E-state index >= 15 is 0 Å². The van der Waals surface area contributed by atoms with Gasteiger partial charge in [-0.05, 0) is 29.5 Å². The van der Waals surface area contributed by atoms with Crippen molar-refractivity contribution in [3.8, 4) is 0 Å². The average molecular weight is 252 g/mol. The van der Waals surface area contributed by atoms with Gasteiger partial charge in [0, 0.05) is 0 Å². The maximum Gasteiger partial charge on any atom is 0.0761 e. The quantitative estimate of drug-likeness (QED) is 0.611. The van der Waals surface area contributed by atoms with Crippen molar-refractivity contribution in [2.75, 3.05) is 0 Å². The van der Waals surface area contributed by atoms with Crippen molar-refractivity contribution in [3.05, 3.63) is 76.2 Å². The van der Waals surface area contributed by atoms with Gasteiger partial charge in [-0.15, -0.1) is 4.91 Å². The van der Waals surface area contributed by atoms with Crippen molar-refractivity contribution in [2.45, 2.75) is 25.4 Å². The maximum absolute atomic E-state index is 11.2. The summed E-state index contributed by atoms with van der Waals surface area (Å²) in [5.74, 6) is 0. The van der Waals surface area contributed by atoms with Crippen LogP contribution in [0.4, 0.5) is 0 Å². The molecule has 19 heavy (non-hydrogen) atoms. The van der Waals surface area contributed by atoms with E-state index in [0.717, 1.165) is 18.4 Å². The lowest BCUT2D eigenvalue weighted by molar-refractivity contribution is 0.193. The number of rotatable bonds is 4. The fourth-order valence-corrected chi connectivity index (χ4v) is 2.81. The van der Waals surface area contributed by atoms with Gasteiger partial charge in [0.25, 0.3) is 0 Å². The molecule has 1 atom stereocenters. The standard InChI is InChI=1S/C16H16N2O/c19-17-18(12-13-6-2-1-3-7-13)16-11-10-14-8-4-5-9-15(14)16/h1-9,16H,10-12H2. The number of fused-ring (bicyclic) bond motifs is 1. The van der Waals surface area contributed by atoms with E-state index in [2.05, 4.69) is 23.5 Å². The van der Waals surface area contributed by atoms with Gasteiger partial charge in [-0.1, -0.05) is 54.6 Å². The van der Waals surface area contributed by atoms with Crippen molar-refractivity contribution in [1.82, 2.24) is 5.01 Å². The Balaban J connectivity index is 1.83. The number of hydrogen-bond donors (Lipinski definition) is 0. The van der Waals surface area contributed by atoms with Crippen LogP contribution in [-0.4, -0.2) is 5.01 Å². The molecule has 0 spiro atoms. The first-order valence-corrected chi connectivity index (χ1v) is 6.60. The summed E-state index contributed by atoms with van der Waals surface area (Å²) in [6, 6.07) is 18.5. The molecule has 3 heteroatoms. The topological polar surface area (TPSA) is 32.7 Å². The zero-order chi connectivity index (χ0) is 13.1. The predicted molar refractivity (Wildman–Crippen MR) is 75.3 cm³/mol. The van der Waals surface area contributed by atoms with E-state index in [-0.39, 0.29) is 6.04 Å². The summed E-state index contributed by atoms with van der Waals surface area (Å²) >= 11 is 0. The van der Waals surface area contributed by atoms with E-state index in [4.69, 9.17) is 0 Å². The Labute approximate surface area is 112 Å². The fourth-order valence-electron chi connectivity index (χ4n) is 2.81. The van der Waals surface area contributed by atoms with Gasteiger partial charge in [-0.2, -0.15) is 0 Å².